The number of aryl methyl sites for hydroxylation is 1. The average molecular weight is 354 g/mol. The Kier molecular flexibility index (Phi) is 4.83. The molecule has 0 saturated heterocycles. The van der Waals surface area contributed by atoms with Gasteiger partial charge in [0.1, 0.15) is 17.7 Å². The van der Waals surface area contributed by atoms with E-state index in [2.05, 4.69) is 10.3 Å². The molecule has 3 rings (SSSR count). The number of nitrogens with zero attached hydrogens (tertiary/aromatic N) is 3. The summed E-state index contributed by atoms with van der Waals surface area (Å²) in [4.78, 5) is 41.5. The number of fused-ring (bicyclic) bond motifs is 1. The number of benzene rings is 1. The maximum atomic E-state index is 12.7. The Morgan fingerprint density at radius 1 is 1.19 bits per heavy atom. The maximum absolute atomic E-state index is 12.7. The first-order valence-corrected chi connectivity index (χ1v) is 7.96. The molecule has 2 aromatic heterocycles. The standard InChI is InChI=1S/C18H18N4O4/c1-21-16-15(13(26-2)8-9-19-16)17(24)22(18(21)25)11-14(23)20-10-12-6-4-3-5-7-12/h3-9H,10-11H2,1-2H3,(H,20,23). The van der Waals surface area contributed by atoms with Crippen LogP contribution in [0.25, 0.3) is 11.0 Å². The van der Waals surface area contributed by atoms with Crippen LogP contribution in [0.15, 0.2) is 52.2 Å². The Morgan fingerprint density at radius 2 is 1.92 bits per heavy atom. The molecule has 8 heteroatoms. The lowest BCUT2D eigenvalue weighted by molar-refractivity contribution is -0.121. The molecule has 0 aliphatic carbocycles. The maximum Gasteiger partial charge on any atom is 0.332 e. The Labute approximate surface area is 148 Å². The van der Waals surface area contributed by atoms with E-state index < -0.39 is 17.2 Å². The third kappa shape index (κ3) is 3.21. The lowest BCUT2D eigenvalue weighted by Gasteiger charge is -2.12. The second-order valence-electron chi connectivity index (χ2n) is 5.71. The van der Waals surface area contributed by atoms with Gasteiger partial charge in [-0.3, -0.25) is 14.2 Å². The number of methoxy groups -OCH3 is 1. The Hall–Kier alpha value is -3.42. The Bertz CT molecular complexity index is 1070. The molecule has 1 N–H and O–H groups in total. The predicted molar refractivity (Wildman–Crippen MR) is 96.1 cm³/mol. The number of carbonyl (C=O) groups excluding carboxylic acids is 1. The fraction of sp³-hybridized carbons (Fsp3) is 0.222. The van der Waals surface area contributed by atoms with Gasteiger partial charge in [0, 0.05) is 19.8 Å². The van der Waals surface area contributed by atoms with E-state index in [4.69, 9.17) is 4.74 Å². The number of aromatic nitrogens is 3. The summed E-state index contributed by atoms with van der Waals surface area (Å²) in [6, 6.07) is 10.9. The van der Waals surface area contributed by atoms with E-state index >= 15 is 0 Å². The Morgan fingerprint density at radius 3 is 2.62 bits per heavy atom. The molecule has 0 bridgehead atoms. The molecule has 0 aliphatic rings. The molecule has 0 atom stereocenters. The van der Waals surface area contributed by atoms with Crippen molar-refractivity contribution in [3.05, 3.63) is 69.0 Å². The number of hydrogen-bond acceptors (Lipinski definition) is 5. The number of nitrogens with one attached hydrogen (secondary N) is 1. The van der Waals surface area contributed by atoms with Crippen molar-refractivity contribution in [3.63, 3.8) is 0 Å². The van der Waals surface area contributed by atoms with Crippen LogP contribution in [0.1, 0.15) is 5.56 Å². The van der Waals surface area contributed by atoms with Gasteiger partial charge in [0.2, 0.25) is 5.91 Å². The molecule has 134 valence electrons. The summed E-state index contributed by atoms with van der Waals surface area (Å²) in [6.45, 7) is -0.0699. The highest BCUT2D eigenvalue weighted by Crippen LogP contribution is 2.18. The number of carbonyl (C=O) groups is 1. The normalized spacial score (nSPS) is 10.7. The van der Waals surface area contributed by atoms with Gasteiger partial charge in [-0.25, -0.2) is 14.3 Å². The first-order chi connectivity index (χ1) is 12.5. The van der Waals surface area contributed by atoms with Crippen LogP contribution >= 0.6 is 0 Å². The number of hydrogen-bond donors (Lipinski definition) is 1. The van der Waals surface area contributed by atoms with Crippen molar-refractivity contribution in [2.45, 2.75) is 13.1 Å². The van der Waals surface area contributed by atoms with Crippen LogP contribution in [0.2, 0.25) is 0 Å². The third-order valence-electron chi connectivity index (χ3n) is 4.04. The van der Waals surface area contributed by atoms with Crippen LogP contribution in [0, 0.1) is 0 Å². The highest BCUT2D eigenvalue weighted by Gasteiger charge is 2.17. The first-order valence-electron chi connectivity index (χ1n) is 7.96. The van der Waals surface area contributed by atoms with Gasteiger partial charge >= 0.3 is 5.69 Å². The second-order valence-corrected chi connectivity index (χ2v) is 5.71. The molecule has 3 aromatic rings. The zero-order valence-corrected chi connectivity index (χ0v) is 14.4. The number of amides is 1. The van der Waals surface area contributed by atoms with Crippen LogP contribution in [0.3, 0.4) is 0 Å². The van der Waals surface area contributed by atoms with Crippen LogP contribution in [0.4, 0.5) is 0 Å². The van der Waals surface area contributed by atoms with Gasteiger partial charge in [-0.1, -0.05) is 30.3 Å². The van der Waals surface area contributed by atoms with E-state index in [1.54, 1.807) is 0 Å². The molecular weight excluding hydrogens is 336 g/mol. The summed E-state index contributed by atoms with van der Waals surface area (Å²) < 4.78 is 7.31. The fourth-order valence-electron chi connectivity index (χ4n) is 2.69. The van der Waals surface area contributed by atoms with E-state index in [0.29, 0.717) is 12.3 Å². The highest BCUT2D eigenvalue weighted by molar-refractivity contribution is 5.81. The summed E-state index contributed by atoms with van der Waals surface area (Å²) in [7, 11) is 2.92. The van der Waals surface area contributed by atoms with Crippen LogP contribution < -0.4 is 21.3 Å². The molecular formula is C18H18N4O4. The van der Waals surface area contributed by atoms with Crippen molar-refractivity contribution < 1.29 is 9.53 Å². The molecule has 0 saturated carbocycles. The van der Waals surface area contributed by atoms with Gasteiger partial charge < -0.3 is 10.1 Å². The molecule has 0 aliphatic heterocycles. The minimum absolute atomic E-state index is 0.160. The number of rotatable bonds is 5. The van der Waals surface area contributed by atoms with Crippen molar-refractivity contribution in [2.75, 3.05) is 7.11 Å². The van der Waals surface area contributed by atoms with Crippen LogP contribution in [-0.4, -0.2) is 27.1 Å². The van der Waals surface area contributed by atoms with E-state index in [-0.39, 0.29) is 17.6 Å². The SMILES string of the molecule is COc1ccnc2c1c(=O)n(CC(=O)NCc1ccccc1)c(=O)n2C. The van der Waals surface area contributed by atoms with Crippen molar-refractivity contribution in [1.82, 2.24) is 19.4 Å². The Balaban J connectivity index is 1.94. The topological polar surface area (TPSA) is 95.2 Å². The van der Waals surface area contributed by atoms with Crippen molar-refractivity contribution >= 4 is 16.9 Å². The molecule has 0 unspecified atom stereocenters. The molecule has 0 spiro atoms. The third-order valence-corrected chi connectivity index (χ3v) is 4.04. The van der Waals surface area contributed by atoms with Gasteiger partial charge in [0.05, 0.1) is 7.11 Å². The first kappa shape index (κ1) is 17.4. The minimum atomic E-state index is -0.613. The van der Waals surface area contributed by atoms with Gasteiger partial charge in [-0.15, -0.1) is 0 Å². The smallest absolute Gasteiger partial charge is 0.332 e. The molecule has 0 fully saturated rings. The summed E-state index contributed by atoms with van der Waals surface area (Å²) in [6.07, 6.45) is 1.46. The number of ether oxygens (including phenoxy) is 1. The second kappa shape index (κ2) is 7.22. The van der Waals surface area contributed by atoms with Crippen molar-refractivity contribution in [2.24, 2.45) is 7.05 Å². The van der Waals surface area contributed by atoms with E-state index in [0.717, 1.165) is 10.1 Å². The molecule has 1 amide bonds. The monoisotopic (exact) mass is 354 g/mol. The fourth-order valence-corrected chi connectivity index (χ4v) is 2.69. The van der Waals surface area contributed by atoms with Gasteiger partial charge in [0.25, 0.3) is 5.56 Å². The lowest BCUT2D eigenvalue weighted by Crippen LogP contribution is -2.43. The zero-order valence-electron chi connectivity index (χ0n) is 14.4. The molecule has 26 heavy (non-hydrogen) atoms. The van der Waals surface area contributed by atoms with Gasteiger partial charge in [0.15, 0.2) is 5.65 Å². The predicted octanol–water partition coefficient (Wildman–Crippen LogP) is 0.420. The lowest BCUT2D eigenvalue weighted by atomic mass is 10.2. The van der Waals surface area contributed by atoms with Gasteiger partial charge in [-0.05, 0) is 11.6 Å². The molecule has 2 heterocycles. The van der Waals surface area contributed by atoms with E-state index in [1.165, 1.54) is 31.0 Å². The van der Waals surface area contributed by atoms with Crippen molar-refractivity contribution in [1.29, 1.82) is 0 Å². The summed E-state index contributed by atoms with van der Waals surface area (Å²) >= 11 is 0. The summed E-state index contributed by atoms with van der Waals surface area (Å²) in [5, 5.41) is 2.86. The molecule has 1 aromatic carbocycles. The summed E-state index contributed by atoms with van der Waals surface area (Å²) in [5.41, 5.74) is -0.0909. The minimum Gasteiger partial charge on any atom is -0.496 e. The van der Waals surface area contributed by atoms with E-state index in [1.807, 2.05) is 30.3 Å². The van der Waals surface area contributed by atoms with Crippen LogP contribution in [-0.2, 0) is 24.9 Å². The highest BCUT2D eigenvalue weighted by atomic mass is 16.5. The molecule has 0 radical (unpaired) electrons. The van der Waals surface area contributed by atoms with Gasteiger partial charge in [-0.2, -0.15) is 0 Å². The number of pyridine rings is 1. The quantitative estimate of drug-likeness (QED) is 0.716. The van der Waals surface area contributed by atoms with Crippen LogP contribution in [0.5, 0.6) is 5.75 Å². The average Bonchev–Trinajstić information content (AvgIpc) is 2.68. The summed E-state index contributed by atoms with van der Waals surface area (Å²) in [5.74, 6) is -0.135. The zero-order chi connectivity index (χ0) is 18.7. The molecule has 8 nitrogen and oxygen atoms in total. The van der Waals surface area contributed by atoms with Crippen molar-refractivity contribution in [3.8, 4) is 5.75 Å². The van der Waals surface area contributed by atoms with E-state index in [9.17, 15) is 14.4 Å². The largest absolute Gasteiger partial charge is 0.496 e.